The van der Waals surface area contributed by atoms with Gasteiger partial charge >= 0.3 is 6.18 Å². The topological polar surface area (TPSA) is 12.0 Å². The van der Waals surface area contributed by atoms with Gasteiger partial charge in [-0.1, -0.05) is 19.8 Å². The van der Waals surface area contributed by atoms with Gasteiger partial charge in [0.05, 0.1) is 5.92 Å². The van der Waals surface area contributed by atoms with Gasteiger partial charge < -0.3 is 5.32 Å². The van der Waals surface area contributed by atoms with Crippen LogP contribution < -0.4 is 5.32 Å². The van der Waals surface area contributed by atoms with Crippen LogP contribution in [0, 0.1) is 23.7 Å². The van der Waals surface area contributed by atoms with Crippen LogP contribution in [0.1, 0.15) is 58.3 Å². The summed E-state index contributed by atoms with van der Waals surface area (Å²) in [6, 6.07) is 0.427. The lowest BCUT2D eigenvalue weighted by atomic mass is 9.70. The van der Waals surface area contributed by atoms with Gasteiger partial charge in [0.15, 0.2) is 0 Å². The molecular formula is C16H28F3N. The zero-order valence-electron chi connectivity index (χ0n) is 12.7. The van der Waals surface area contributed by atoms with Crippen molar-refractivity contribution in [3.05, 3.63) is 0 Å². The minimum Gasteiger partial charge on any atom is -0.316 e. The molecule has 1 atom stereocenters. The Bertz CT molecular complexity index is 287. The second-order valence-corrected chi connectivity index (χ2v) is 6.99. The van der Waals surface area contributed by atoms with Crippen LogP contribution in [-0.2, 0) is 0 Å². The van der Waals surface area contributed by atoms with Crippen molar-refractivity contribution in [1.82, 2.24) is 5.32 Å². The molecular weight excluding hydrogens is 263 g/mol. The lowest BCUT2D eigenvalue weighted by Crippen LogP contribution is -2.44. The molecule has 0 aliphatic heterocycles. The Morgan fingerprint density at radius 3 is 1.70 bits per heavy atom. The first-order chi connectivity index (χ1) is 9.41. The van der Waals surface area contributed by atoms with Crippen molar-refractivity contribution < 1.29 is 13.2 Å². The average molecular weight is 291 g/mol. The second kappa shape index (κ2) is 6.67. The number of rotatable bonds is 3. The molecule has 1 unspecified atom stereocenters. The summed E-state index contributed by atoms with van der Waals surface area (Å²) in [5.41, 5.74) is 0. The van der Waals surface area contributed by atoms with Crippen LogP contribution >= 0.6 is 0 Å². The fraction of sp³-hybridized carbons (Fsp3) is 1.00. The molecule has 1 nitrogen and oxygen atoms in total. The molecule has 0 amide bonds. The molecule has 0 radical (unpaired) electrons. The highest BCUT2D eigenvalue weighted by Crippen LogP contribution is 2.43. The summed E-state index contributed by atoms with van der Waals surface area (Å²) < 4.78 is 38.2. The van der Waals surface area contributed by atoms with E-state index >= 15 is 0 Å². The molecule has 2 aliphatic carbocycles. The maximum Gasteiger partial charge on any atom is 0.391 e. The SMILES string of the molecule is CNC(C1CCC(C)CC1)C1CCC(C(F)(F)F)CC1. The second-order valence-electron chi connectivity index (χ2n) is 6.99. The molecule has 118 valence electrons. The number of halogens is 3. The van der Waals surface area contributed by atoms with Crippen LogP contribution in [0.15, 0.2) is 0 Å². The molecule has 4 heteroatoms. The molecule has 2 rings (SSSR count). The van der Waals surface area contributed by atoms with E-state index in [9.17, 15) is 13.2 Å². The van der Waals surface area contributed by atoms with Gasteiger partial charge in [0.25, 0.3) is 0 Å². The van der Waals surface area contributed by atoms with E-state index in [1.165, 1.54) is 25.7 Å². The smallest absolute Gasteiger partial charge is 0.316 e. The summed E-state index contributed by atoms with van der Waals surface area (Å²) in [5.74, 6) is 0.882. The van der Waals surface area contributed by atoms with E-state index in [2.05, 4.69) is 12.2 Å². The van der Waals surface area contributed by atoms with E-state index in [1.807, 2.05) is 7.05 Å². The summed E-state index contributed by atoms with van der Waals surface area (Å²) in [6.45, 7) is 2.30. The lowest BCUT2D eigenvalue weighted by molar-refractivity contribution is -0.184. The minimum atomic E-state index is -3.99. The van der Waals surface area contributed by atoms with Crippen molar-refractivity contribution in [2.45, 2.75) is 70.5 Å². The van der Waals surface area contributed by atoms with Gasteiger partial charge in [-0.25, -0.2) is 0 Å². The third-order valence-electron chi connectivity index (χ3n) is 5.64. The first-order valence-electron chi connectivity index (χ1n) is 8.15. The minimum absolute atomic E-state index is 0.329. The van der Waals surface area contributed by atoms with Gasteiger partial charge in [0.2, 0.25) is 0 Å². The van der Waals surface area contributed by atoms with E-state index < -0.39 is 12.1 Å². The van der Waals surface area contributed by atoms with Crippen LogP contribution in [0.4, 0.5) is 13.2 Å². The third-order valence-corrected chi connectivity index (χ3v) is 5.64. The molecule has 0 heterocycles. The summed E-state index contributed by atoms with van der Waals surface area (Å²) in [4.78, 5) is 0. The normalized spacial score (nSPS) is 37.6. The number of alkyl halides is 3. The quantitative estimate of drug-likeness (QED) is 0.790. The molecule has 0 bridgehead atoms. The Morgan fingerprint density at radius 2 is 1.30 bits per heavy atom. The number of hydrogen-bond acceptors (Lipinski definition) is 1. The van der Waals surface area contributed by atoms with Crippen LogP contribution in [0.5, 0.6) is 0 Å². The number of hydrogen-bond donors (Lipinski definition) is 1. The first-order valence-corrected chi connectivity index (χ1v) is 8.15. The summed E-state index contributed by atoms with van der Waals surface area (Å²) in [7, 11) is 1.98. The fourth-order valence-electron chi connectivity index (χ4n) is 4.31. The fourth-order valence-corrected chi connectivity index (χ4v) is 4.31. The summed E-state index contributed by atoms with van der Waals surface area (Å²) in [6.07, 6.45) is 3.19. The van der Waals surface area contributed by atoms with Crippen LogP contribution in [0.25, 0.3) is 0 Å². The van der Waals surface area contributed by atoms with Crippen LogP contribution in [0.2, 0.25) is 0 Å². The highest BCUT2D eigenvalue weighted by molar-refractivity contribution is 4.89. The molecule has 0 aromatic carbocycles. The monoisotopic (exact) mass is 291 g/mol. The Kier molecular flexibility index (Phi) is 5.38. The Morgan fingerprint density at radius 1 is 0.850 bits per heavy atom. The highest BCUT2D eigenvalue weighted by Gasteiger charge is 2.43. The van der Waals surface area contributed by atoms with Gasteiger partial charge in [0.1, 0.15) is 0 Å². The predicted octanol–water partition coefficient (Wildman–Crippen LogP) is 4.77. The molecule has 0 saturated heterocycles. The van der Waals surface area contributed by atoms with Gasteiger partial charge in [-0.2, -0.15) is 13.2 Å². The molecule has 2 saturated carbocycles. The molecule has 0 spiro atoms. The Balaban J connectivity index is 1.87. The molecule has 1 N–H and O–H groups in total. The van der Waals surface area contributed by atoms with Crippen molar-refractivity contribution in [2.75, 3.05) is 7.05 Å². The van der Waals surface area contributed by atoms with E-state index in [-0.39, 0.29) is 0 Å². The zero-order chi connectivity index (χ0) is 14.8. The molecule has 2 fully saturated rings. The van der Waals surface area contributed by atoms with Gasteiger partial charge in [0, 0.05) is 6.04 Å². The standard InChI is InChI=1S/C16H28F3N/c1-11-3-5-12(6-4-11)15(20-2)13-7-9-14(10-8-13)16(17,18)19/h11-15,20H,3-10H2,1-2H3. The van der Waals surface area contributed by atoms with E-state index in [1.54, 1.807) is 0 Å². The van der Waals surface area contributed by atoms with Gasteiger partial charge in [-0.05, 0) is 63.3 Å². The van der Waals surface area contributed by atoms with Crippen molar-refractivity contribution in [3.63, 3.8) is 0 Å². The van der Waals surface area contributed by atoms with Crippen LogP contribution in [0.3, 0.4) is 0 Å². The number of nitrogens with one attached hydrogen (secondary N) is 1. The van der Waals surface area contributed by atoms with Crippen molar-refractivity contribution >= 4 is 0 Å². The summed E-state index contributed by atoms with van der Waals surface area (Å²) >= 11 is 0. The van der Waals surface area contributed by atoms with Gasteiger partial charge in [-0.3, -0.25) is 0 Å². The summed E-state index contributed by atoms with van der Waals surface area (Å²) in [5, 5.41) is 3.43. The van der Waals surface area contributed by atoms with Gasteiger partial charge in [-0.15, -0.1) is 0 Å². The van der Waals surface area contributed by atoms with Crippen molar-refractivity contribution in [3.8, 4) is 0 Å². The van der Waals surface area contributed by atoms with Crippen LogP contribution in [-0.4, -0.2) is 19.3 Å². The maximum atomic E-state index is 12.7. The molecule has 20 heavy (non-hydrogen) atoms. The van der Waals surface area contributed by atoms with Crippen molar-refractivity contribution in [1.29, 1.82) is 0 Å². The van der Waals surface area contributed by atoms with E-state index in [0.717, 1.165) is 18.8 Å². The average Bonchev–Trinajstić information content (AvgIpc) is 2.41. The highest BCUT2D eigenvalue weighted by atomic mass is 19.4. The predicted molar refractivity (Wildman–Crippen MR) is 75.5 cm³/mol. The maximum absolute atomic E-state index is 12.7. The molecule has 0 aromatic heterocycles. The zero-order valence-corrected chi connectivity index (χ0v) is 12.7. The lowest BCUT2D eigenvalue weighted by Gasteiger charge is -2.40. The largest absolute Gasteiger partial charge is 0.391 e. The molecule has 2 aliphatic rings. The third kappa shape index (κ3) is 3.90. The van der Waals surface area contributed by atoms with E-state index in [0.29, 0.717) is 30.7 Å². The first kappa shape index (κ1) is 16.1. The Labute approximate surface area is 120 Å². The van der Waals surface area contributed by atoms with Crippen molar-refractivity contribution in [2.24, 2.45) is 23.7 Å². The Hall–Kier alpha value is -0.250. The molecule has 0 aromatic rings. The van der Waals surface area contributed by atoms with E-state index in [4.69, 9.17) is 0 Å².